The third kappa shape index (κ3) is 5.23. The number of halogens is 2. The standard InChI is InChI=1S/C12H18N2O.2ClH/c1-11(12-5-3-2-4-6-12)15-14-9-7-13-8-10-14;;/h2-6,11,13H,7-10H2,1H3;2*1H. The second-order valence-corrected chi connectivity index (χ2v) is 3.84. The highest BCUT2D eigenvalue weighted by Crippen LogP contribution is 2.17. The summed E-state index contributed by atoms with van der Waals surface area (Å²) in [5, 5.41) is 5.36. The van der Waals surface area contributed by atoms with Gasteiger partial charge in [-0.3, -0.25) is 4.84 Å². The Morgan fingerprint density at radius 3 is 2.29 bits per heavy atom. The van der Waals surface area contributed by atoms with Crippen LogP contribution in [0.5, 0.6) is 0 Å². The average Bonchev–Trinajstić information content (AvgIpc) is 2.31. The summed E-state index contributed by atoms with van der Waals surface area (Å²) in [5.41, 5.74) is 1.23. The molecule has 1 fully saturated rings. The number of piperazine rings is 1. The van der Waals surface area contributed by atoms with Gasteiger partial charge in [-0.2, -0.15) is 5.06 Å². The molecule has 0 bridgehead atoms. The molecule has 5 heteroatoms. The van der Waals surface area contributed by atoms with Gasteiger partial charge in [-0.05, 0) is 12.5 Å². The number of benzene rings is 1. The summed E-state index contributed by atoms with van der Waals surface area (Å²) in [4.78, 5) is 5.87. The van der Waals surface area contributed by atoms with Crippen LogP contribution in [0, 0.1) is 0 Å². The molecule has 0 amide bonds. The van der Waals surface area contributed by atoms with Gasteiger partial charge in [0.1, 0.15) is 6.10 Å². The molecule has 0 aromatic heterocycles. The number of rotatable bonds is 3. The van der Waals surface area contributed by atoms with Crippen molar-refractivity contribution in [1.82, 2.24) is 10.4 Å². The first-order chi connectivity index (χ1) is 7.36. The highest BCUT2D eigenvalue weighted by atomic mass is 35.5. The molecule has 1 aliphatic heterocycles. The second-order valence-electron chi connectivity index (χ2n) is 3.84. The molecule has 1 aliphatic rings. The van der Waals surface area contributed by atoms with Crippen molar-refractivity contribution in [2.75, 3.05) is 26.2 Å². The Hall–Kier alpha value is -0.320. The van der Waals surface area contributed by atoms with Crippen molar-refractivity contribution < 1.29 is 4.84 Å². The minimum Gasteiger partial charge on any atom is -0.314 e. The van der Waals surface area contributed by atoms with E-state index in [0.29, 0.717) is 0 Å². The fraction of sp³-hybridized carbons (Fsp3) is 0.500. The van der Waals surface area contributed by atoms with Crippen LogP contribution < -0.4 is 5.32 Å². The SMILES string of the molecule is CC(ON1CCNCC1)c1ccccc1.Cl.Cl. The molecule has 17 heavy (non-hydrogen) atoms. The molecule has 1 N–H and O–H groups in total. The zero-order valence-corrected chi connectivity index (χ0v) is 11.6. The predicted octanol–water partition coefficient (Wildman–Crippen LogP) is 2.43. The van der Waals surface area contributed by atoms with Crippen molar-refractivity contribution in [1.29, 1.82) is 0 Å². The van der Waals surface area contributed by atoms with Gasteiger partial charge in [-0.1, -0.05) is 30.3 Å². The van der Waals surface area contributed by atoms with E-state index in [1.54, 1.807) is 0 Å². The summed E-state index contributed by atoms with van der Waals surface area (Å²) in [5.74, 6) is 0. The van der Waals surface area contributed by atoms with Gasteiger partial charge in [-0.15, -0.1) is 24.8 Å². The molecule has 1 saturated heterocycles. The molecular weight excluding hydrogens is 259 g/mol. The van der Waals surface area contributed by atoms with Gasteiger partial charge in [0.15, 0.2) is 0 Å². The van der Waals surface area contributed by atoms with Crippen molar-refractivity contribution in [3.05, 3.63) is 35.9 Å². The minimum atomic E-state index is 0. The van der Waals surface area contributed by atoms with Crippen LogP contribution in [0.3, 0.4) is 0 Å². The number of hydrogen-bond acceptors (Lipinski definition) is 3. The first-order valence-electron chi connectivity index (χ1n) is 5.53. The summed E-state index contributed by atoms with van der Waals surface area (Å²) >= 11 is 0. The first kappa shape index (κ1) is 16.7. The molecule has 1 atom stereocenters. The zero-order valence-electron chi connectivity index (χ0n) is 9.96. The summed E-state index contributed by atoms with van der Waals surface area (Å²) in [6.07, 6.45) is 0.143. The van der Waals surface area contributed by atoms with Gasteiger partial charge >= 0.3 is 0 Å². The minimum absolute atomic E-state index is 0. The van der Waals surface area contributed by atoms with E-state index in [2.05, 4.69) is 24.4 Å². The average molecular weight is 279 g/mol. The highest BCUT2D eigenvalue weighted by Gasteiger charge is 2.14. The summed E-state index contributed by atoms with van der Waals surface area (Å²) in [7, 11) is 0. The second kappa shape index (κ2) is 8.72. The van der Waals surface area contributed by atoms with Crippen molar-refractivity contribution in [2.24, 2.45) is 0 Å². The van der Waals surface area contributed by atoms with Gasteiger partial charge in [-0.25, -0.2) is 0 Å². The molecule has 0 radical (unpaired) electrons. The van der Waals surface area contributed by atoms with E-state index in [-0.39, 0.29) is 30.9 Å². The van der Waals surface area contributed by atoms with Crippen LogP contribution >= 0.6 is 24.8 Å². The molecule has 1 aromatic carbocycles. The van der Waals surface area contributed by atoms with E-state index in [9.17, 15) is 0 Å². The monoisotopic (exact) mass is 278 g/mol. The maximum atomic E-state index is 5.87. The van der Waals surface area contributed by atoms with Crippen LogP contribution in [0.2, 0.25) is 0 Å². The van der Waals surface area contributed by atoms with E-state index in [1.165, 1.54) is 5.56 Å². The molecule has 98 valence electrons. The van der Waals surface area contributed by atoms with Crippen LogP contribution in [0.25, 0.3) is 0 Å². The molecule has 3 nitrogen and oxygen atoms in total. The number of nitrogens with one attached hydrogen (secondary N) is 1. The molecule has 0 saturated carbocycles. The predicted molar refractivity (Wildman–Crippen MR) is 74.9 cm³/mol. The van der Waals surface area contributed by atoms with Crippen LogP contribution in [-0.4, -0.2) is 31.2 Å². The van der Waals surface area contributed by atoms with Crippen LogP contribution in [0.4, 0.5) is 0 Å². The number of nitrogens with zero attached hydrogens (tertiary/aromatic N) is 1. The zero-order chi connectivity index (χ0) is 10.5. The van der Waals surface area contributed by atoms with Crippen LogP contribution in [-0.2, 0) is 4.84 Å². The van der Waals surface area contributed by atoms with Gasteiger partial charge < -0.3 is 5.32 Å². The highest BCUT2D eigenvalue weighted by molar-refractivity contribution is 5.85. The molecular formula is C12H20Cl2N2O. The summed E-state index contributed by atoms with van der Waals surface area (Å²) < 4.78 is 0. The van der Waals surface area contributed by atoms with Gasteiger partial charge in [0.25, 0.3) is 0 Å². The molecule has 1 heterocycles. The van der Waals surface area contributed by atoms with Crippen molar-refractivity contribution in [3.8, 4) is 0 Å². The molecule has 0 aliphatic carbocycles. The van der Waals surface area contributed by atoms with Gasteiger partial charge in [0, 0.05) is 26.2 Å². The quantitative estimate of drug-likeness (QED) is 0.919. The maximum absolute atomic E-state index is 5.87. The number of hydrogen-bond donors (Lipinski definition) is 1. The van der Waals surface area contributed by atoms with E-state index >= 15 is 0 Å². The Balaban J connectivity index is 0.00000128. The topological polar surface area (TPSA) is 24.5 Å². The largest absolute Gasteiger partial charge is 0.314 e. The summed E-state index contributed by atoms with van der Waals surface area (Å²) in [6.45, 7) is 6.06. The molecule has 2 rings (SSSR count). The molecule has 0 spiro atoms. The van der Waals surface area contributed by atoms with Crippen molar-refractivity contribution >= 4 is 24.8 Å². The van der Waals surface area contributed by atoms with Crippen molar-refractivity contribution in [3.63, 3.8) is 0 Å². The lowest BCUT2D eigenvalue weighted by Gasteiger charge is -2.29. The molecule has 1 unspecified atom stereocenters. The van der Waals surface area contributed by atoms with Gasteiger partial charge in [0.2, 0.25) is 0 Å². The van der Waals surface area contributed by atoms with Crippen molar-refractivity contribution in [2.45, 2.75) is 13.0 Å². The third-order valence-corrected chi connectivity index (χ3v) is 2.65. The van der Waals surface area contributed by atoms with E-state index in [0.717, 1.165) is 26.2 Å². The number of hydroxylamine groups is 2. The normalized spacial score (nSPS) is 17.7. The Morgan fingerprint density at radius 2 is 1.71 bits per heavy atom. The fourth-order valence-electron chi connectivity index (χ4n) is 1.76. The maximum Gasteiger partial charge on any atom is 0.101 e. The Kier molecular flexibility index (Phi) is 8.56. The summed E-state index contributed by atoms with van der Waals surface area (Å²) in [6, 6.07) is 10.3. The first-order valence-corrected chi connectivity index (χ1v) is 5.53. The lowest BCUT2D eigenvalue weighted by Crippen LogP contribution is -2.43. The van der Waals surface area contributed by atoms with E-state index in [4.69, 9.17) is 4.84 Å². The van der Waals surface area contributed by atoms with E-state index in [1.807, 2.05) is 23.3 Å². The lowest BCUT2D eigenvalue weighted by atomic mass is 10.1. The van der Waals surface area contributed by atoms with E-state index < -0.39 is 0 Å². The smallest absolute Gasteiger partial charge is 0.101 e. The third-order valence-electron chi connectivity index (χ3n) is 2.65. The van der Waals surface area contributed by atoms with Gasteiger partial charge in [0.05, 0.1) is 0 Å². The Bertz CT molecular complexity index is 292. The van der Waals surface area contributed by atoms with Crippen LogP contribution in [0.15, 0.2) is 30.3 Å². The molecule has 1 aromatic rings. The van der Waals surface area contributed by atoms with Crippen LogP contribution in [0.1, 0.15) is 18.6 Å². The Morgan fingerprint density at radius 1 is 1.12 bits per heavy atom. The Labute approximate surface area is 115 Å². The lowest BCUT2D eigenvalue weighted by molar-refractivity contribution is -0.199. The fourth-order valence-corrected chi connectivity index (χ4v) is 1.76.